The lowest BCUT2D eigenvalue weighted by atomic mass is 9.82. The predicted octanol–water partition coefficient (Wildman–Crippen LogP) is 4.70. The number of carboxylic acid groups (broad SMARTS) is 1. The van der Waals surface area contributed by atoms with E-state index in [-0.39, 0.29) is 18.0 Å². The van der Waals surface area contributed by atoms with E-state index in [1.807, 2.05) is 0 Å². The molecule has 0 bridgehead atoms. The van der Waals surface area contributed by atoms with Crippen LogP contribution in [0.1, 0.15) is 117 Å². The van der Waals surface area contributed by atoms with Crippen LogP contribution in [0, 0.1) is 5.92 Å². The molecule has 5 N–H and O–H groups in total. The van der Waals surface area contributed by atoms with Crippen molar-refractivity contribution in [3.8, 4) is 5.75 Å². The summed E-state index contributed by atoms with van der Waals surface area (Å²) >= 11 is 0. The van der Waals surface area contributed by atoms with Crippen molar-refractivity contribution in [1.29, 1.82) is 0 Å². The first-order valence-electron chi connectivity index (χ1n) is 17.8. The van der Waals surface area contributed by atoms with E-state index in [4.69, 9.17) is 4.74 Å². The summed E-state index contributed by atoms with van der Waals surface area (Å²) in [6, 6.07) is 4.45. The number of amides is 2. The number of nitrogens with one attached hydrogen (secondary N) is 2. The predicted molar refractivity (Wildman–Crippen MR) is 191 cm³/mol. The van der Waals surface area contributed by atoms with Crippen molar-refractivity contribution in [1.82, 2.24) is 10.6 Å². The van der Waals surface area contributed by atoms with Crippen LogP contribution in [0.2, 0.25) is 0 Å². The van der Waals surface area contributed by atoms with Gasteiger partial charge >= 0.3 is 17.9 Å². The van der Waals surface area contributed by atoms with E-state index in [0.717, 1.165) is 52.1 Å². The van der Waals surface area contributed by atoms with Gasteiger partial charge in [-0.05, 0) is 64.2 Å². The van der Waals surface area contributed by atoms with Gasteiger partial charge in [0.15, 0.2) is 5.60 Å². The second kappa shape index (κ2) is 23.3. The number of Topliss-reactive ketones (excluding diaryl/α,β-unsaturated/α-hetero) is 1. The average Bonchev–Trinajstić information content (AvgIpc) is 3.05. The summed E-state index contributed by atoms with van der Waals surface area (Å²) < 4.78 is 9.92. The molecular formula is C38H58N2O11. The first-order valence-corrected chi connectivity index (χ1v) is 17.8. The van der Waals surface area contributed by atoms with Gasteiger partial charge in [0.25, 0.3) is 0 Å². The number of carboxylic acids is 1. The fraction of sp³-hybridized carbons (Fsp3) is 0.632. The van der Waals surface area contributed by atoms with Gasteiger partial charge in [0, 0.05) is 19.3 Å². The summed E-state index contributed by atoms with van der Waals surface area (Å²) in [5.41, 5.74) is -3.48. The molecule has 1 aromatic carbocycles. The molecule has 13 nitrogen and oxygen atoms in total. The van der Waals surface area contributed by atoms with E-state index in [1.165, 1.54) is 57.5 Å². The third-order valence-electron chi connectivity index (χ3n) is 8.08. The molecule has 0 unspecified atom stereocenters. The lowest BCUT2D eigenvalue weighted by Gasteiger charge is -2.34. The summed E-state index contributed by atoms with van der Waals surface area (Å²) in [6.45, 7) is 6.22. The van der Waals surface area contributed by atoms with Gasteiger partial charge in [-0.2, -0.15) is 0 Å². The van der Waals surface area contributed by atoms with E-state index in [2.05, 4.69) is 22.3 Å². The van der Waals surface area contributed by atoms with Crippen molar-refractivity contribution in [2.45, 2.75) is 135 Å². The number of carbonyl (C=O) groups excluding carboxylic acids is 5. The highest BCUT2D eigenvalue weighted by Gasteiger charge is 2.51. The minimum Gasteiger partial charge on any atom is -0.508 e. The van der Waals surface area contributed by atoms with Crippen LogP contribution in [0.3, 0.4) is 0 Å². The maximum absolute atomic E-state index is 13.9. The SMILES string of the molecule is CCCCCCCC(=O)CCCCCC/C=C/[C@H](C(=O)N[C@@H](Cc1ccc(O)cc1)C(=O)NCC(=O)OC)[C@@](O)(CC(=O)O)C(=O)OC(C)(C)C. The minimum absolute atomic E-state index is 0.0302. The molecule has 0 aliphatic heterocycles. The van der Waals surface area contributed by atoms with Gasteiger partial charge < -0.3 is 35.4 Å². The summed E-state index contributed by atoms with van der Waals surface area (Å²) in [4.78, 5) is 76.3. The van der Waals surface area contributed by atoms with Crippen molar-refractivity contribution in [3.63, 3.8) is 0 Å². The van der Waals surface area contributed by atoms with Gasteiger partial charge in [-0.25, -0.2) is 4.79 Å². The van der Waals surface area contributed by atoms with Gasteiger partial charge in [0.1, 0.15) is 29.7 Å². The Hall–Kier alpha value is -4.26. The second-order valence-electron chi connectivity index (χ2n) is 13.8. The van der Waals surface area contributed by atoms with Crippen LogP contribution >= 0.6 is 0 Å². The molecule has 2 amide bonds. The molecule has 0 spiro atoms. The number of hydrogen-bond donors (Lipinski definition) is 5. The standard InChI is InChI=1S/C38H58N2O11/c1-6-7-8-11-14-17-28(41)18-15-12-9-10-13-16-19-30(38(49,25-32(43)44)36(48)51-37(2,3)4)34(46)40-31(35(47)39-26-33(45)50-5)24-27-20-22-29(42)23-21-27/h16,19-23,30-31,42,49H,6-15,17-18,24-26H2,1-5H3,(H,39,47)(H,40,46)(H,43,44)/b19-16+/t30-,31+,38+/m1/s1. The average molecular weight is 719 g/mol. The van der Waals surface area contributed by atoms with Crippen LogP contribution in [-0.2, 0) is 44.7 Å². The van der Waals surface area contributed by atoms with Gasteiger partial charge in [0.2, 0.25) is 11.8 Å². The molecule has 51 heavy (non-hydrogen) atoms. The summed E-state index contributed by atoms with van der Waals surface area (Å²) in [5, 5.41) is 35.9. The number of phenols is 1. The maximum Gasteiger partial charge on any atom is 0.340 e. The molecule has 0 fully saturated rings. The molecular weight excluding hydrogens is 660 g/mol. The van der Waals surface area contributed by atoms with Crippen molar-refractivity contribution in [2.24, 2.45) is 5.92 Å². The Morgan fingerprint density at radius 1 is 0.863 bits per heavy atom. The second-order valence-corrected chi connectivity index (χ2v) is 13.8. The van der Waals surface area contributed by atoms with Crippen LogP contribution in [0.15, 0.2) is 36.4 Å². The number of esters is 2. The first kappa shape index (κ1) is 44.8. The number of carbonyl (C=O) groups is 6. The molecule has 1 aromatic rings. The number of ketones is 1. The smallest absolute Gasteiger partial charge is 0.340 e. The number of phenolic OH excluding ortho intramolecular Hbond substituents is 1. The quantitative estimate of drug-likeness (QED) is 0.0532. The Balaban J connectivity index is 3.17. The van der Waals surface area contributed by atoms with Crippen LogP contribution < -0.4 is 10.6 Å². The van der Waals surface area contributed by atoms with Crippen LogP contribution in [0.4, 0.5) is 0 Å². The Morgan fingerprint density at radius 2 is 1.45 bits per heavy atom. The zero-order valence-electron chi connectivity index (χ0n) is 30.8. The molecule has 0 aliphatic carbocycles. The molecule has 0 aliphatic rings. The van der Waals surface area contributed by atoms with Gasteiger partial charge in [-0.1, -0.05) is 69.7 Å². The van der Waals surface area contributed by atoms with E-state index in [9.17, 15) is 44.1 Å². The Morgan fingerprint density at radius 3 is 2.00 bits per heavy atom. The molecule has 0 saturated carbocycles. The number of benzene rings is 1. The number of aliphatic hydroxyl groups is 1. The number of allylic oxidation sites excluding steroid dienone is 1. The molecule has 0 aromatic heterocycles. The zero-order valence-corrected chi connectivity index (χ0v) is 30.8. The van der Waals surface area contributed by atoms with Crippen LogP contribution in [0.5, 0.6) is 5.75 Å². The summed E-state index contributed by atoms with van der Waals surface area (Å²) in [7, 11) is 1.14. The number of methoxy groups -OCH3 is 1. The van der Waals surface area contributed by atoms with Crippen molar-refractivity contribution < 1.29 is 53.6 Å². The lowest BCUT2D eigenvalue weighted by molar-refractivity contribution is -0.187. The molecule has 1 rings (SSSR count). The monoisotopic (exact) mass is 718 g/mol. The van der Waals surface area contributed by atoms with Crippen molar-refractivity contribution >= 4 is 35.5 Å². The largest absolute Gasteiger partial charge is 0.508 e. The Labute approximate surface area is 301 Å². The maximum atomic E-state index is 13.9. The Kier molecular flexibility index (Phi) is 20.4. The van der Waals surface area contributed by atoms with Gasteiger partial charge in [0.05, 0.1) is 19.4 Å². The van der Waals surface area contributed by atoms with Crippen molar-refractivity contribution in [2.75, 3.05) is 13.7 Å². The molecule has 286 valence electrons. The molecule has 0 saturated heterocycles. The molecule has 0 radical (unpaired) electrons. The van der Waals surface area contributed by atoms with E-state index in [1.54, 1.807) is 6.08 Å². The summed E-state index contributed by atoms with van der Waals surface area (Å²) in [6.07, 6.45) is 11.6. The van der Waals surface area contributed by atoms with E-state index in [0.29, 0.717) is 31.2 Å². The number of aromatic hydroxyl groups is 1. The number of unbranched alkanes of at least 4 members (excludes halogenated alkanes) is 8. The fourth-order valence-electron chi connectivity index (χ4n) is 5.28. The number of ether oxygens (including phenoxy) is 2. The number of aliphatic carboxylic acids is 1. The summed E-state index contributed by atoms with van der Waals surface area (Å²) in [5.74, 6) is -7.04. The first-order chi connectivity index (χ1) is 24.0. The Bertz CT molecular complexity index is 1300. The molecule has 0 heterocycles. The topological polar surface area (TPSA) is 206 Å². The third-order valence-corrected chi connectivity index (χ3v) is 8.08. The molecule has 3 atom stereocenters. The van der Waals surface area contributed by atoms with Crippen LogP contribution in [-0.4, -0.2) is 81.7 Å². The normalized spacial score (nSPS) is 13.8. The lowest BCUT2D eigenvalue weighted by Crippen LogP contribution is -2.58. The third kappa shape index (κ3) is 18.5. The highest BCUT2D eigenvalue weighted by Crippen LogP contribution is 2.29. The fourth-order valence-corrected chi connectivity index (χ4v) is 5.28. The zero-order chi connectivity index (χ0) is 38.5. The van der Waals surface area contributed by atoms with E-state index >= 15 is 0 Å². The van der Waals surface area contributed by atoms with E-state index < -0.39 is 65.8 Å². The molecule has 13 heteroatoms. The number of rotatable bonds is 25. The number of hydrogen-bond acceptors (Lipinski definition) is 10. The highest BCUT2D eigenvalue weighted by atomic mass is 16.6. The van der Waals surface area contributed by atoms with Crippen LogP contribution in [0.25, 0.3) is 0 Å². The highest BCUT2D eigenvalue weighted by molar-refractivity contribution is 5.96. The van der Waals surface area contributed by atoms with Gasteiger partial charge in [-0.3, -0.25) is 24.0 Å². The van der Waals surface area contributed by atoms with Gasteiger partial charge in [-0.15, -0.1) is 0 Å². The van der Waals surface area contributed by atoms with Crippen molar-refractivity contribution in [3.05, 3.63) is 42.0 Å². The minimum atomic E-state index is -2.86.